The highest BCUT2D eigenvalue weighted by Crippen LogP contribution is 2.69. The SMILES string of the molecule is CC(C)O[P+](O)(N=O)SCCC#N. The van der Waals surface area contributed by atoms with E-state index in [4.69, 9.17) is 9.79 Å². The lowest BCUT2D eigenvalue weighted by Gasteiger charge is -2.08. The highest BCUT2D eigenvalue weighted by molar-refractivity contribution is 8.58. The third-order valence-electron chi connectivity index (χ3n) is 0.925. The second-order valence-corrected chi connectivity index (χ2v) is 6.69. The van der Waals surface area contributed by atoms with Crippen molar-refractivity contribution in [3.8, 4) is 6.07 Å². The predicted octanol–water partition coefficient (Wildman–Crippen LogP) is 2.49. The van der Waals surface area contributed by atoms with Crippen molar-refractivity contribution < 1.29 is 9.42 Å². The molecule has 0 heterocycles. The van der Waals surface area contributed by atoms with E-state index in [9.17, 15) is 9.80 Å². The van der Waals surface area contributed by atoms with E-state index in [-0.39, 0.29) is 12.5 Å². The van der Waals surface area contributed by atoms with E-state index in [0.29, 0.717) is 5.75 Å². The van der Waals surface area contributed by atoms with Crippen LogP contribution in [0.25, 0.3) is 0 Å². The van der Waals surface area contributed by atoms with E-state index in [0.717, 1.165) is 11.4 Å². The Kier molecular flexibility index (Phi) is 6.17. The lowest BCUT2D eigenvalue weighted by Crippen LogP contribution is -2.01. The van der Waals surface area contributed by atoms with Crippen molar-refractivity contribution in [1.82, 2.24) is 0 Å². The molecule has 0 fully saturated rings. The molecule has 0 aromatic heterocycles. The van der Waals surface area contributed by atoms with E-state index in [1.54, 1.807) is 13.8 Å². The summed E-state index contributed by atoms with van der Waals surface area (Å²) in [6.45, 7) is 3.42. The molecule has 0 aliphatic rings. The van der Waals surface area contributed by atoms with Crippen molar-refractivity contribution in [1.29, 1.82) is 5.26 Å². The Labute approximate surface area is 81.7 Å². The highest BCUT2D eigenvalue weighted by atomic mass is 32.7. The van der Waals surface area contributed by atoms with E-state index >= 15 is 0 Å². The number of nitroso groups, excluding NO2 is 1. The van der Waals surface area contributed by atoms with Crippen LogP contribution < -0.4 is 0 Å². The topological polar surface area (TPSA) is 82.7 Å². The van der Waals surface area contributed by atoms with E-state index in [1.165, 1.54) is 0 Å². The fourth-order valence-corrected chi connectivity index (χ4v) is 3.50. The summed E-state index contributed by atoms with van der Waals surface area (Å²) < 4.78 is 4.97. The molecule has 0 rings (SSSR count). The molecule has 5 nitrogen and oxygen atoms in total. The molecule has 1 N–H and O–H groups in total. The van der Waals surface area contributed by atoms with Crippen molar-refractivity contribution in [3.63, 3.8) is 0 Å². The largest absolute Gasteiger partial charge is 0.504 e. The first-order valence-corrected chi connectivity index (χ1v) is 6.91. The molecule has 0 spiro atoms. The molecule has 0 bridgehead atoms. The Morgan fingerprint density at radius 1 is 1.77 bits per heavy atom. The summed E-state index contributed by atoms with van der Waals surface area (Å²) >= 11 is 0.920. The zero-order chi connectivity index (χ0) is 10.3. The lowest BCUT2D eigenvalue weighted by molar-refractivity contribution is 0.237. The van der Waals surface area contributed by atoms with Gasteiger partial charge in [-0.05, 0) is 13.8 Å². The Hall–Kier alpha value is -0.210. The normalized spacial score (nSPS) is 15.0. The van der Waals surface area contributed by atoms with Gasteiger partial charge in [0.25, 0.3) is 0 Å². The number of hydrogen-bond acceptors (Lipinski definition) is 6. The minimum atomic E-state index is -3.20. The molecule has 0 aromatic rings. The average molecular weight is 223 g/mol. The van der Waals surface area contributed by atoms with Gasteiger partial charge < -0.3 is 0 Å². The summed E-state index contributed by atoms with van der Waals surface area (Å²) in [4.78, 5) is 22.3. The smallest absolute Gasteiger partial charge is 0.198 e. The van der Waals surface area contributed by atoms with E-state index in [1.807, 2.05) is 6.07 Å². The van der Waals surface area contributed by atoms with Gasteiger partial charge in [-0.3, -0.25) is 0 Å². The van der Waals surface area contributed by atoms with Crippen LogP contribution >= 0.6 is 18.5 Å². The zero-order valence-electron chi connectivity index (χ0n) is 7.51. The van der Waals surface area contributed by atoms with Gasteiger partial charge in [-0.2, -0.15) is 14.7 Å². The molecular weight excluding hydrogens is 211 g/mol. The van der Waals surface area contributed by atoms with Gasteiger partial charge >= 0.3 is 7.07 Å². The van der Waals surface area contributed by atoms with Crippen LogP contribution in [0.4, 0.5) is 0 Å². The molecule has 1 unspecified atom stereocenters. The third kappa shape index (κ3) is 5.94. The first kappa shape index (κ1) is 12.8. The molecule has 0 radical (unpaired) electrons. The van der Waals surface area contributed by atoms with Gasteiger partial charge in [0.15, 0.2) is 4.95 Å². The molecule has 0 aromatic carbocycles. The molecule has 0 amide bonds. The Bertz CT molecular complexity index is 209. The van der Waals surface area contributed by atoms with Crippen LogP contribution in [0.3, 0.4) is 0 Å². The maximum Gasteiger partial charge on any atom is 0.504 e. The number of hydrogen-bond donors (Lipinski definition) is 1. The van der Waals surface area contributed by atoms with Crippen molar-refractivity contribution in [2.45, 2.75) is 26.4 Å². The van der Waals surface area contributed by atoms with Crippen LogP contribution in [-0.4, -0.2) is 16.8 Å². The van der Waals surface area contributed by atoms with Crippen LogP contribution in [0.1, 0.15) is 20.3 Å². The van der Waals surface area contributed by atoms with Crippen LogP contribution in [0.5, 0.6) is 0 Å². The van der Waals surface area contributed by atoms with E-state index < -0.39 is 7.07 Å². The zero-order valence-corrected chi connectivity index (χ0v) is 9.22. The van der Waals surface area contributed by atoms with Crippen LogP contribution in [0.2, 0.25) is 0 Å². The second kappa shape index (κ2) is 6.28. The van der Waals surface area contributed by atoms with Gasteiger partial charge in [-0.15, -0.1) is 4.91 Å². The number of nitriles is 1. The van der Waals surface area contributed by atoms with Crippen LogP contribution in [-0.2, 0) is 4.52 Å². The van der Waals surface area contributed by atoms with Gasteiger partial charge in [0.05, 0.1) is 11.8 Å². The molecule has 0 saturated carbocycles. The summed E-state index contributed by atoms with van der Waals surface area (Å²) in [5.41, 5.74) is 0. The fraction of sp³-hybridized carbons (Fsp3) is 0.833. The number of nitrogens with zero attached hydrogens (tertiary/aromatic N) is 2. The fourth-order valence-electron chi connectivity index (χ4n) is 0.558. The Balaban J connectivity index is 3.97. The maximum atomic E-state index is 10.3. The predicted molar refractivity (Wildman–Crippen MR) is 53.8 cm³/mol. The molecule has 0 aliphatic carbocycles. The Morgan fingerprint density at radius 2 is 2.38 bits per heavy atom. The molecule has 7 heteroatoms. The molecule has 74 valence electrons. The summed E-state index contributed by atoms with van der Waals surface area (Å²) in [6, 6.07) is 1.90. The summed E-state index contributed by atoms with van der Waals surface area (Å²) in [5, 5.41) is 8.24. The Morgan fingerprint density at radius 3 is 2.77 bits per heavy atom. The third-order valence-corrected chi connectivity index (χ3v) is 4.57. The van der Waals surface area contributed by atoms with Gasteiger partial charge in [0.2, 0.25) is 0 Å². The molecular formula is C6H12N2O3PS+. The van der Waals surface area contributed by atoms with Crippen LogP contribution in [0, 0.1) is 16.2 Å². The van der Waals surface area contributed by atoms with Crippen LogP contribution in [0.15, 0.2) is 4.95 Å². The number of rotatable bonds is 6. The van der Waals surface area contributed by atoms with Gasteiger partial charge in [0.1, 0.15) is 17.5 Å². The first-order chi connectivity index (χ1) is 6.04. The van der Waals surface area contributed by atoms with Crippen molar-refractivity contribution in [2.75, 3.05) is 5.75 Å². The lowest BCUT2D eigenvalue weighted by atomic mass is 10.5. The molecule has 0 saturated heterocycles. The van der Waals surface area contributed by atoms with Gasteiger partial charge in [0, 0.05) is 6.42 Å². The van der Waals surface area contributed by atoms with Crippen molar-refractivity contribution >= 4 is 18.5 Å². The summed E-state index contributed by atoms with van der Waals surface area (Å²) in [6.07, 6.45) is 0.0230. The quantitative estimate of drug-likeness (QED) is 0.425. The molecule has 1 atom stereocenters. The molecule has 13 heavy (non-hydrogen) atoms. The van der Waals surface area contributed by atoms with Gasteiger partial charge in [-0.1, -0.05) is 0 Å². The monoisotopic (exact) mass is 223 g/mol. The first-order valence-electron chi connectivity index (χ1n) is 3.70. The van der Waals surface area contributed by atoms with E-state index in [2.05, 4.69) is 4.95 Å². The van der Waals surface area contributed by atoms with Crippen molar-refractivity contribution in [3.05, 3.63) is 4.91 Å². The second-order valence-electron chi connectivity index (χ2n) is 2.47. The highest BCUT2D eigenvalue weighted by Gasteiger charge is 2.44. The maximum absolute atomic E-state index is 10.3. The summed E-state index contributed by atoms with van der Waals surface area (Å²) in [7, 11) is -3.20. The molecule has 0 aliphatic heterocycles. The minimum Gasteiger partial charge on any atom is -0.198 e. The summed E-state index contributed by atoms with van der Waals surface area (Å²) in [5.74, 6) is 0.360. The van der Waals surface area contributed by atoms with Crippen molar-refractivity contribution in [2.24, 2.45) is 4.95 Å². The minimum absolute atomic E-state index is 0.245. The standard InChI is InChI=1S/C6H12N2O3PS/c1-6(2)11-12(10,8-9)13-5-3-4-7/h6,10H,3,5H2,1-2H3/q+1. The average Bonchev–Trinajstić information content (AvgIpc) is 2.04. The van der Waals surface area contributed by atoms with Gasteiger partial charge in [-0.25, -0.2) is 0 Å².